The van der Waals surface area contributed by atoms with Gasteiger partial charge in [0.15, 0.2) is 0 Å². The highest BCUT2D eigenvalue weighted by Gasteiger charge is 2.36. The molecule has 10 heteroatoms. The van der Waals surface area contributed by atoms with Gasteiger partial charge >= 0.3 is 0 Å². The number of anilines is 1. The van der Waals surface area contributed by atoms with E-state index in [1.165, 1.54) is 6.42 Å². The van der Waals surface area contributed by atoms with Crippen LogP contribution in [0.4, 0.5) is 5.69 Å². The Morgan fingerprint density at radius 1 is 1.05 bits per heavy atom. The molecule has 0 radical (unpaired) electrons. The van der Waals surface area contributed by atoms with E-state index in [-0.39, 0.29) is 24.4 Å². The molecule has 2 amide bonds. The van der Waals surface area contributed by atoms with Gasteiger partial charge in [-0.3, -0.25) is 24.2 Å². The van der Waals surface area contributed by atoms with Crippen molar-refractivity contribution < 1.29 is 9.59 Å². The van der Waals surface area contributed by atoms with Gasteiger partial charge < -0.3 is 5.32 Å². The van der Waals surface area contributed by atoms with Crippen LogP contribution < -0.4 is 10.2 Å². The topological polar surface area (TPSA) is 111 Å². The lowest BCUT2D eigenvalue weighted by atomic mass is 9.94. The first kappa shape index (κ1) is 25.7. The minimum absolute atomic E-state index is 0.0756. The van der Waals surface area contributed by atoms with E-state index in [2.05, 4.69) is 25.7 Å². The van der Waals surface area contributed by atoms with Crippen molar-refractivity contribution in [2.75, 3.05) is 4.90 Å². The second-order valence-electron chi connectivity index (χ2n) is 10.5. The van der Waals surface area contributed by atoms with Crippen LogP contribution in [0.2, 0.25) is 0 Å². The summed E-state index contributed by atoms with van der Waals surface area (Å²) in [5.74, 6) is -0.535. The maximum Gasteiger partial charge on any atom is 0.249 e. The van der Waals surface area contributed by atoms with E-state index in [1.807, 2.05) is 74.8 Å². The number of para-hydroxylation sites is 2. The number of aryl methyl sites for hydroxylation is 2. The third-order valence-corrected chi connectivity index (χ3v) is 7.63. The first-order chi connectivity index (χ1) is 19.5. The molecular weight excluding hydrogens is 504 g/mol. The first-order valence-electron chi connectivity index (χ1n) is 13.7. The van der Waals surface area contributed by atoms with Gasteiger partial charge in [-0.2, -0.15) is 5.10 Å². The van der Waals surface area contributed by atoms with Gasteiger partial charge in [-0.25, -0.2) is 4.68 Å². The molecule has 1 fully saturated rings. The number of aromatic nitrogens is 6. The molecule has 6 rings (SSSR count). The van der Waals surface area contributed by atoms with E-state index in [0.29, 0.717) is 22.5 Å². The number of rotatable bonds is 7. The van der Waals surface area contributed by atoms with Crippen molar-refractivity contribution in [3.8, 4) is 0 Å². The molecule has 204 valence electrons. The van der Waals surface area contributed by atoms with Crippen LogP contribution in [0.3, 0.4) is 0 Å². The Labute approximate surface area is 232 Å². The average molecular weight is 537 g/mol. The maximum atomic E-state index is 14.3. The number of amides is 2. The van der Waals surface area contributed by atoms with E-state index in [9.17, 15) is 9.59 Å². The number of carbonyl (C=O) groups excluding carboxylic acids is 2. The summed E-state index contributed by atoms with van der Waals surface area (Å²) in [5.41, 5.74) is 4.13. The molecule has 1 N–H and O–H groups in total. The van der Waals surface area contributed by atoms with Gasteiger partial charge in [0.2, 0.25) is 11.8 Å². The highest BCUT2D eigenvalue weighted by molar-refractivity contribution is 6.02. The van der Waals surface area contributed by atoms with Crippen LogP contribution in [-0.2, 0) is 23.2 Å². The summed E-state index contributed by atoms with van der Waals surface area (Å²) < 4.78 is 3.25. The van der Waals surface area contributed by atoms with Gasteiger partial charge in [-0.1, -0.05) is 54.8 Å². The van der Waals surface area contributed by atoms with Crippen molar-refractivity contribution in [2.24, 2.45) is 7.05 Å². The molecule has 1 aliphatic rings. The lowest BCUT2D eigenvalue weighted by Gasteiger charge is -2.33. The number of nitrogens with zero attached hydrogens (tertiary/aromatic N) is 7. The quantitative estimate of drug-likeness (QED) is 0.333. The van der Waals surface area contributed by atoms with Crippen molar-refractivity contribution in [3.63, 3.8) is 0 Å². The van der Waals surface area contributed by atoms with Crippen molar-refractivity contribution in [3.05, 3.63) is 78.2 Å². The fourth-order valence-electron chi connectivity index (χ4n) is 5.68. The van der Waals surface area contributed by atoms with Crippen LogP contribution in [0.25, 0.3) is 21.9 Å². The summed E-state index contributed by atoms with van der Waals surface area (Å²) in [4.78, 5) is 34.7. The van der Waals surface area contributed by atoms with E-state index >= 15 is 0 Å². The molecule has 2 aromatic carbocycles. The second kappa shape index (κ2) is 10.9. The van der Waals surface area contributed by atoms with Crippen LogP contribution in [0.15, 0.2) is 67.0 Å². The van der Waals surface area contributed by atoms with E-state index in [0.717, 1.165) is 42.1 Å². The fraction of sp³-hybridized carbons (Fsp3) is 0.333. The Balaban J connectivity index is 1.46. The molecule has 0 saturated heterocycles. The van der Waals surface area contributed by atoms with E-state index in [1.54, 1.807) is 20.5 Å². The number of fused-ring (bicyclic) bond motifs is 2. The Morgan fingerprint density at radius 2 is 1.80 bits per heavy atom. The van der Waals surface area contributed by atoms with Gasteiger partial charge in [0.25, 0.3) is 0 Å². The zero-order valence-electron chi connectivity index (χ0n) is 22.7. The normalized spacial score (nSPS) is 14.8. The largest absolute Gasteiger partial charge is 0.351 e. The van der Waals surface area contributed by atoms with Crippen LogP contribution >= 0.6 is 0 Å². The number of hydrogen-bond acceptors (Lipinski definition) is 6. The predicted octanol–water partition coefficient (Wildman–Crippen LogP) is 4.24. The summed E-state index contributed by atoms with van der Waals surface area (Å²) in [5, 5.41) is 17.1. The van der Waals surface area contributed by atoms with E-state index < -0.39 is 6.04 Å². The molecule has 1 atom stereocenters. The summed E-state index contributed by atoms with van der Waals surface area (Å²) >= 11 is 0. The summed E-state index contributed by atoms with van der Waals surface area (Å²) in [6, 6.07) is 16.3. The molecule has 0 bridgehead atoms. The second-order valence-corrected chi connectivity index (χ2v) is 10.5. The minimum Gasteiger partial charge on any atom is -0.351 e. The molecule has 5 aromatic rings. The Hall–Kier alpha value is -4.60. The molecule has 3 aromatic heterocycles. The molecule has 1 saturated carbocycles. The lowest BCUT2D eigenvalue weighted by molar-refractivity contribution is -0.127. The Kier molecular flexibility index (Phi) is 6.98. The number of hydrogen-bond donors (Lipinski definition) is 1. The average Bonchev–Trinajstić information content (AvgIpc) is 3.53. The molecule has 1 unspecified atom stereocenters. The summed E-state index contributed by atoms with van der Waals surface area (Å²) in [6.07, 6.45) is 8.68. The van der Waals surface area contributed by atoms with Crippen molar-refractivity contribution >= 4 is 39.4 Å². The smallest absolute Gasteiger partial charge is 0.249 e. The molecule has 10 nitrogen and oxygen atoms in total. The third kappa shape index (κ3) is 5.04. The molecule has 0 aliphatic heterocycles. The minimum atomic E-state index is -0.944. The summed E-state index contributed by atoms with van der Waals surface area (Å²) in [7, 11) is 1.82. The van der Waals surface area contributed by atoms with Crippen LogP contribution in [0.5, 0.6) is 0 Å². The number of benzene rings is 2. The first-order valence-corrected chi connectivity index (χ1v) is 13.7. The highest BCUT2D eigenvalue weighted by Crippen LogP contribution is 2.32. The molecule has 3 heterocycles. The lowest BCUT2D eigenvalue weighted by Crippen LogP contribution is -2.48. The van der Waals surface area contributed by atoms with Gasteiger partial charge in [-0.15, -0.1) is 5.10 Å². The monoisotopic (exact) mass is 536 g/mol. The molecule has 0 spiro atoms. The van der Waals surface area contributed by atoms with Gasteiger partial charge in [0, 0.05) is 30.2 Å². The number of carbonyl (C=O) groups is 2. The third-order valence-electron chi connectivity index (χ3n) is 7.63. The van der Waals surface area contributed by atoms with Crippen LogP contribution in [0, 0.1) is 6.92 Å². The zero-order valence-corrected chi connectivity index (χ0v) is 22.7. The van der Waals surface area contributed by atoms with Gasteiger partial charge in [0.05, 0.1) is 28.6 Å². The summed E-state index contributed by atoms with van der Waals surface area (Å²) in [6.45, 7) is 1.77. The molecular formula is C30H32N8O2. The van der Waals surface area contributed by atoms with Crippen molar-refractivity contribution in [1.82, 2.24) is 35.1 Å². The number of pyridine rings is 1. The van der Waals surface area contributed by atoms with Gasteiger partial charge in [-0.05, 0) is 44.0 Å². The van der Waals surface area contributed by atoms with Gasteiger partial charge in [0.1, 0.15) is 18.1 Å². The fourth-order valence-corrected chi connectivity index (χ4v) is 5.68. The Bertz CT molecular complexity index is 1680. The van der Waals surface area contributed by atoms with E-state index in [4.69, 9.17) is 0 Å². The van der Waals surface area contributed by atoms with Crippen LogP contribution in [0.1, 0.15) is 49.4 Å². The number of nitrogens with one attached hydrogen (secondary N) is 1. The SMILES string of the molecule is Cc1nn(C)cc1C(C(=O)NC1CCCCC1)N(C(=O)Cn1nnc2ccccc21)c1cnc2ccccc2c1. The van der Waals surface area contributed by atoms with Crippen molar-refractivity contribution in [1.29, 1.82) is 0 Å². The highest BCUT2D eigenvalue weighted by atomic mass is 16.2. The molecule has 1 aliphatic carbocycles. The zero-order chi connectivity index (χ0) is 27.6. The van der Waals surface area contributed by atoms with Crippen LogP contribution in [-0.4, -0.2) is 47.6 Å². The predicted molar refractivity (Wildman–Crippen MR) is 152 cm³/mol. The van der Waals surface area contributed by atoms with Crippen molar-refractivity contribution in [2.45, 2.75) is 57.7 Å². The molecule has 40 heavy (non-hydrogen) atoms. The standard InChI is InChI=1S/C30H32N8O2/c1-20-24(18-36(2)34-20)29(30(40)32-22-11-4-3-5-12-22)38(23-16-21-10-6-7-13-25(21)31-17-23)28(39)19-37-27-15-9-8-14-26(27)33-35-37/h6-10,13-18,22,29H,3-5,11-12,19H2,1-2H3,(H,32,40). The Morgan fingerprint density at radius 3 is 2.58 bits per heavy atom. The maximum absolute atomic E-state index is 14.3.